The summed E-state index contributed by atoms with van der Waals surface area (Å²) in [6, 6.07) is 2.58. The number of aromatic nitrogens is 2. The number of rotatable bonds is 2. The van der Waals surface area contributed by atoms with E-state index < -0.39 is 5.82 Å². The van der Waals surface area contributed by atoms with Crippen LogP contribution in [0.1, 0.15) is 21.2 Å². The molecular formula is C11H10FN3OS. The number of carbonyl (C=O) groups excluding carboxylic acids is 1. The fraction of sp³-hybridized carbons (Fsp3) is 0.182. The first-order valence-corrected chi connectivity index (χ1v) is 5.75. The predicted octanol–water partition coefficient (Wildman–Crippen LogP) is 2.55. The molecule has 2 heterocycles. The van der Waals surface area contributed by atoms with Gasteiger partial charge in [-0.15, -0.1) is 11.3 Å². The van der Waals surface area contributed by atoms with Crippen LogP contribution in [0.25, 0.3) is 0 Å². The first-order chi connectivity index (χ1) is 8.06. The van der Waals surface area contributed by atoms with E-state index in [4.69, 9.17) is 0 Å². The topological polar surface area (TPSA) is 54.9 Å². The normalized spacial score (nSPS) is 10.3. The second kappa shape index (κ2) is 4.58. The Bertz CT molecular complexity index is 568. The van der Waals surface area contributed by atoms with Gasteiger partial charge in [-0.2, -0.15) is 0 Å². The number of anilines is 1. The lowest BCUT2D eigenvalue weighted by Crippen LogP contribution is -2.13. The van der Waals surface area contributed by atoms with Gasteiger partial charge in [0.05, 0.1) is 16.9 Å². The van der Waals surface area contributed by atoms with E-state index in [0.717, 1.165) is 5.01 Å². The summed E-state index contributed by atoms with van der Waals surface area (Å²) < 4.78 is 13.0. The zero-order chi connectivity index (χ0) is 12.4. The molecule has 0 bridgehead atoms. The van der Waals surface area contributed by atoms with Gasteiger partial charge in [0.25, 0.3) is 5.91 Å². The van der Waals surface area contributed by atoms with Crippen molar-refractivity contribution in [1.82, 2.24) is 9.97 Å². The van der Waals surface area contributed by atoms with Gasteiger partial charge in [0.15, 0.2) is 0 Å². The molecule has 0 unspecified atom stereocenters. The number of aryl methyl sites for hydroxylation is 2. The quantitative estimate of drug-likeness (QED) is 0.892. The third-order valence-corrected chi connectivity index (χ3v) is 2.94. The molecule has 0 saturated heterocycles. The summed E-state index contributed by atoms with van der Waals surface area (Å²) in [5.74, 6) is -0.785. The molecule has 17 heavy (non-hydrogen) atoms. The second-order valence-electron chi connectivity index (χ2n) is 3.46. The van der Waals surface area contributed by atoms with E-state index in [-0.39, 0.29) is 17.3 Å². The molecule has 1 amide bonds. The van der Waals surface area contributed by atoms with Gasteiger partial charge in [-0.1, -0.05) is 0 Å². The first kappa shape index (κ1) is 11.7. The fourth-order valence-corrected chi connectivity index (χ4v) is 1.94. The van der Waals surface area contributed by atoms with Crippen LogP contribution in [0.2, 0.25) is 0 Å². The molecule has 1 N–H and O–H groups in total. The number of amides is 1. The largest absolute Gasteiger partial charge is 0.311 e. The minimum Gasteiger partial charge on any atom is -0.311 e. The molecule has 0 atom stereocenters. The molecule has 0 radical (unpaired) electrons. The SMILES string of the molecule is Cc1ncc(NC(=O)c2ccc(F)c(C)n2)s1. The molecule has 0 fully saturated rings. The van der Waals surface area contributed by atoms with Gasteiger partial charge in [-0.25, -0.2) is 14.4 Å². The van der Waals surface area contributed by atoms with Crippen molar-refractivity contribution in [3.8, 4) is 0 Å². The van der Waals surface area contributed by atoms with E-state index in [1.54, 1.807) is 6.20 Å². The summed E-state index contributed by atoms with van der Waals surface area (Å²) in [4.78, 5) is 19.7. The number of hydrogen-bond acceptors (Lipinski definition) is 4. The van der Waals surface area contributed by atoms with Gasteiger partial charge < -0.3 is 5.32 Å². The van der Waals surface area contributed by atoms with Crippen LogP contribution in [0, 0.1) is 19.7 Å². The Morgan fingerprint density at radius 2 is 2.18 bits per heavy atom. The van der Waals surface area contributed by atoms with E-state index in [1.165, 1.54) is 30.4 Å². The molecule has 0 aliphatic rings. The standard InChI is InChI=1S/C11H10FN3OS/c1-6-8(12)3-4-9(14-6)11(16)15-10-5-13-7(2)17-10/h3-5H,1-2H3,(H,15,16). The monoisotopic (exact) mass is 251 g/mol. The first-order valence-electron chi connectivity index (χ1n) is 4.93. The van der Waals surface area contributed by atoms with Crippen LogP contribution in [0.15, 0.2) is 18.3 Å². The van der Waals surface area contributed by atoms with E-state index >= 15 is 0 Å². The summed E-state index contributed by atoms with van der Waals surface area (Å²) in [5, 5.41) is 4.17. The van der Waals surface area contributed by atoms with Gasteiger partial charge in [-0.05, 0) is 26.0 Å². The summed E-state index contributed by atoms with van der Waals surface area (Å²) >= 11 is 1.37. The average Bonchev–Trinajstić information content (AvgIpc) is 2.68. The van der Waals surface area contributed by atoms with Crippen molar-refractivity contribution in [2.75, 3.05) is 5.32 Å². The van der Waals surface area contributed by atoms with Crippen molar-refractivity contribution >= 4 is 22.2 Å². The molecule has 0 aromatic carbocycles. The molecule has 0 saturated carbocycles. The lowest BCUT2D eigenvalue weighted by Gasteiger charge is -2.02. The minimum atomic E-state index is -0.421. The predicted molar refractivity (Wildman–Crippen MR) is 63.7 cm³/mol. The van der Waals surface area contributed by atoms with Gasteiger partial charge in [0.2, 0.25) is 0 Å². The molecule has 88 valence electrons. The van der Waals surface area contributed by atoms with Crippen LogP contribution in [0.5, 0.6) is 0 Å². The number of hydrogen-bond donors (Lipinski definition) is 1. The molecule has 0 aliphatic carbocycles. The van der Waals surface area contributed by atoms with Crippen molar-refractivity contribution in [1.29, 1.82) is 0 Å². The third kappa shape index (κ3) is 2.65. The maximum atomic E-state index is 13.0. The highest BCUT2D eigenvalue weighted by Gasteiger charge is 2.10. The van der Waals surface area contributed by atoms with Crippen LogP contribution in [-0.4, -0.2) is 15.9 Å². The molecule has 2 aromatic heterocycles. The maximum absolute atomic E-state index is 13.0. The van der Waals surface area contributed by atoms with Gasteiger partial charge in [0.1, 0.15) is 16.5 Å². The van der Waals surface area contributed by atoms with E-state index in [0.29, 0.717) is 5.00 Å². The molecular weight excluding hydrogens is 241 g/mol. The zero-order valence-corrected chi connectivity index (χ0v) is 10.1. The van der Waals surface area contributed by atoms with Crippen molar-refractivity contribution in [2.45, 2.75) is 13.8 Å². The van der Waals surface area contributed by atoms with Crippen LogP contribution >= 0.6 is 11.3 Å². The summed E-state index contributed by atoms with van der Waals surface area (Å²) in [7, 11) is 0. The zero-order valence-electron chi connectivity index (χ0n) is 9.32. The van der Waals surface area contributed by atoms with E-state index in [9.17, 15) is 9.18 Å². The number of nitrogens with zero attached hydrogens (tertiary/aromatic N) is 2. The number of thiazole rings is 1. The van der Waals surface area contributed by atoms with Crippen molar-refractivity contribution in [2.24, 2.45) is 0 Å². The molecule has 2 rings (SSSR count). The molecule has 2 aromatic rings. The maximum Gasteiger partial charge on any atom is 0.274 e. The van der Waals surface area contributed by atoms with Crippen LogP contribution < -0.4 is 5.32 Å². The van der Waals surface area contributed by atoms with E-state index in [2.05, 4.69) is 15.3 Å². The lowest BCUT2D eigenvalue weighted by molar-refractivity contribution is 0.102. The number of halogens is 1. The highest BCUT2D eigenvalue weighted by molar-refractivity contribution is 7.15. The van der Waals surface area contributed by atoms with Crippen LogP contribution in [0.4, 0.5) is 9.39 Å². The summed E-state index contributed by atoms with van der Waals surface area (Å²) in [6.45, 7) is 3.36. The number of nitrogens with one attached hydrogen (secondary N) is 1. The minimum absolute atomic E-state index is 0.190. The highest BCUT2D eigenvalue weighted by atomic mass is 32.1. The third-order valence-electron chi connectivity index (χ3n) is 2.11. The molecule has 0 aliphatic heterocycles. The summed E-state index contributed by atoms with van der Waals surface area (Å²) in [6.07, 6.45) is 1.58. The van der Waals surface area contributed by atoms with E-state index in [1.807, 2.05) is 6.92 Å². The lowest BCUT2D eigenvalue weighted by atomic mass is 10.3. The Kier molecular flexibility index (Phi) is 3.14. The Balaban J connectivity index is 2.17. The Morgan fingerprint density at radius 1 is 1.41 bits per heavy atom. The fourth-order valence-electron chi connectivity index (χ4n) is 1.27. The average molecular weight is 251 g/mol. The van der Waals surface area contributed by atoms with Crippen molar-refractivity contribution in [3.63, 3.8) is 0 Å². The van der Waals surface area contributed by atoms with Crippen molar-refractivity contribution < 1.29 is 9.18 Å². The molecule has 0 spiro atoms. The molecule has 4 nitrogen and oxygen atoms in total. The summed E-state index contributed by atoms with van der Waals surface area (Å²) in [5.41, 5.74) is 0.396. The highest BCUT2D eigenvalue weighted by Crippen LogP contribution is 2.18. The van der Waals surface area contributed by atoms with Gasteiger partial charge in [0, 0.05) is 0 Å². The number of carbonyl (C=O) groups is 1. The van der Waals surface area contributed by atoms with Gasteiger partial charge in [-0.3, -0.25) is 4.79 Å². The van der Waals surface area contributed by atoms with Crippen LogP contribution in [-0.2, 0) is 0 Å². The molecule has 6 heteroatoms. The number of pyridine rings is 1. The van der Waals surface area contributed by atoms with Crippen LogP contribution in [0.3, 0.4) is 0 Å². The Labute approximate surface area is 102 Å². The van der Waals surface area contributed by atoms with Crippen molar-refractivity contribution in [3.05, 3.63) is 40.5 Å². The Hall–Kier alpha value is -1.82. The Morgan fingerprint density at radius 3 is 2.76 bits per heavy atom. The second-order valence-corrected chi connectivity index (χ2v) is 4.70. The van der Waals surface area contributed by atoms with Gasteiger partial charge >= 0.3 is 0 Å². The smallest absolute Gasteiger partial charge is 0.274 e.